The summed E-state index contributed by atoms with van der Waals surface area (Å²) in [5.41, 5.74) is -0.758. The van der Waals surface area contributed by atoms with Crippen LogP contribution in [0.5, 0.6) is 5.75 Å². The summed E-state index contributed by atoms with van der Waals surface area (Å²) >= 11 is 5.76. The van der Waals surface area contributed by atoms with E-state index in [1.54, 1.807) is 0 Å². The van der Waals surface area contributed by atoms with Gasteiger partial charge in [0.05, 0.1) is 21.2 Å². The van der Waals surface area contributed by atoms with Gasteiger partial charge >= 0.3 is 5.69 Å². The highest BCUT2D eigenvalue weighted by Gasteiger charge is 2.21. The Morgan fingerprint density at radius 1 is 1.33 bits per heavy atom. The van der Waals surface area contributed by atoms with Crippen LogP contribution in [0, 0.1) is 15.9 Å². The van der Waals surface area contributed by atoms with Gasteiger partial charge in [-0.25, -0.2) is 4.39 Å². The van der Waals surface area contributed by atoms with Crippen molar-refractivity contribution in [1.29, 1.82) is 0 Å². The number of para-hydroxylation sites is 1. The Morgan fingerprint density at radius 3 is 2.67 bits per heavy atom. The molecule has 0 fully saturated rings. The molecule has 0 saturated carbocycles. The molecule has 2 rings (SSSR count). The molecule has 0 spiro atoms. The third kappa shape index (κ3) is 3.09. The monoisotopic (exact) mass is 310 g/mol. The van der Waals surface area contributed by atoms with Crippen LogP contribution in [0.15, 0.2) is 36.4 Å². The SMILES string of the molecule is O=C(Nc1ccc(F)cc1Cl)c1cccc([N+](=O)[O-])c1O. The number of nitrogens with zero attached hydrogens (tertiary/aromatic N) is 1. The van der Waals surface area contributed by atoms with Gasteiger partial charge in [-0.15, -0.1) is 0 Å². The highest BCUT2D eigenvalue weighted by Crippen LogP contribution is 2.30. The van der Waals surface area contributed by atoms with Crippen LogP contribution in [-0.4, -0.2) is 15.9 Å². The Hall–Kier alpha value is -2.67. The molecule has 1 amide bonds. The minimum atomic E-state index is -0.809. The summed E-state index contributed by atoms with van der Waals surface area (Å²) in [7, 11) is 0. The van der Waals surface area contributed by atoms with E-state index in [4.69, 9.17) is 11.6 Å². The molecule has 0 heterocycles. The third-order valence-corrected chi connectivity index (χ3v) is 2.95. The van der Waals surface area contributed by atoms with Crippen LogP contribution in [0.25, 0.3) is 0 Å². The van der Waals surface area contributed by atoms with E-state index >= 15 is 0 Å². The van der Waals surface area contributed by atoms with Gasteiger partial charge in [0.15, 0.2) is 0 Å². The highest BCUT2D eigenvalue weighted by molar-refractivity contribution is 6.34. The van der Waals surface area contributed by atoms with Crippen LogP contribution in [0.1, 0.15) is 10.4 Å². The molecule has 21 heavy (non-hydrogen) atoms. The van der Waals surface area contributed by atoms with E-state index in [-0.39, 0.29) is 16.3 Å². The molecule has 2 N–H and O–H groups in total. The van der Waals surface area contributed by atoms with Crippen molar-refractivity contribution in [2.75, 3.05) is 5.32 Å². The third-order valence-electron chi connectivity index (χ3n) is 2.64. The average molecular weight is 311 g/mol. The maximum atomic E-state index is 12.9. The molecule has 6 nitrogen and oxygen atoms in total. The average Bonchev–Trinajstić information content (AvgIpc) is 2.41. The summed E-state index contributed by atoms with van der Waals surface area (Å²) in [6.07, 6.45) is 0. The molecule has 0 radical (unpaired) electrons. The second kappa shape index (κ2) is 5.76. The normalized spacial score (nSPS) is 10.2. The van der Waals surface area contributed by atoms with Gasteiger partial charge in [-0.1, -0.05) is 17.7 Å². The fraction of sp³-hybridized carbons (Fsp3) is 0. The number of nitrogens with one attached hydrogen (secondary N) is 1. The molecule has 0 bridgehead atoms. The number of hydrogen-bond acceptors (Lipinski definition) is 4. The number of halogens is 2. The summed E-state index contributed by atoms with van der Waals surface area (Å²) in [4.78, 5) is 21.9. The number of benzene rings is 2. The molecule has 0 aliphatic carbocycles. The lowest BCUT2D eigenvalue weighted by atomic mass is 10.1. The number of anilines is 1. The fourth-order valence-electron chi connectivity index (χ4n) is 1.64. The van der Waals surface area contributed by atoms with Crippen LogP contribution in [0.3, 0.4) is 0 Å². The zero-order valence-electron chi connectivity index (χ0n) is 10.3. The number of aromatic hydroxyl groups is 1. The molecule has 0 aromatic heterocycles. The molecule has 2 aromatic rings. The largest absolute Gasteiger partial charge is 0.502 e. The van der Waals surface area contributed by atoms with Crippen molar-refractivity contribution in [2.24, 2.45) is 0 Å². The highest BCUT2D eigenvalue weighted by atomic mass is 35.5. The van der Waals surface area contributed by atoms with Crippen LogP contribution in [0.4, 0.5) is 15.8 Å². The number of hydrogen-bond donors (Lipinski definition) is 2. The minimum absolute atomic E-state index is 0.0340. The second-order valence-corrected chi connectivity index (χ2v) is 4.42. The lowest BCUT2D eigenvalue weighted by molar-refractivity contribution is -0.385. The molecule has 108 valence electrons. The van der Waals surface area contributed by atoms with Crippen molar-refractivity contribution in [3.8, 4) is 5.75 Å². The van der Waals surface area contributed by atoms with Crippen LogP contribution < -0.4 is 5.32 Å². The van der Waals surface area contributed by atoms with E-state index in [1.165, 1.54) is 18.2 Å². The first kappa shape index (κ1) is 14.7. The first-order chi connectivity index (χ1) is 9.90. The molecule has 8 heteroatoms. The van der Waals surface area contributed by atoms with Gasteiger partial charge in [0.25, 0.3) is 5.91 Å². The smallest absolute Gasteiger partial charge is 0.311 e. The Labute approximate surface area is 122 Å². The van der Waals surface area contributed by atoms with Crippen LogP contribution in [-0.2, 0) is 0 Å². The van der Waals surface area contributed by atoms with Gasteiger partial charge in [0, 0.05) is 6.07 Å². The number of nitro benzene ring substituents is 1. The van der Waals surface area contributed by atoms with Crippen molar-refractivity contribution in [3.63, 3.8) is 0 Å². The van der Waals surface area contributed by atoms with Gasteiger partial charge in [-0.3, -0.25) is 14.9 Å². The molecule has 0 aliphatic rings. The zero-order valence-corrected chi connectivity index (χ0v) is 11.1. The maximum Gasteiger partial charge on any atom is 0.311 e. The minimum Gasteiger partial charge on any atom is -0.502 e. The van der Waals surface area contributed by atoms with E-state index in [0.29, 0.717) is 0 Å². The van der Waals surface area contributed by atoms with Crippen molar-refractivity contribution >= 4 is 28.9 Å². The first-order valence-corrected chi connectivity index (χ1v) is 6.00. The summed E-state index contributed by atoms with van der Waals surface area (Å²) in [6, 6.07) is 6.88. The van der Waals surface area contributed by atoms with E-state index < -0.39 is 28.1 Å². The van der Waals surface area contributed by atoms with E-state index in [0.717, 1.165) is 18.2 Å². The Balaban J connectivity index is 2.33. The van der Waals surface area contributed by atoms with Crippen LogP contribution >= 0.6 is 11.6 Å². The number of amides is 1. The number of phenolic OH excluding ortho intramolecular Hbond substituents is 1. The number of carbonyl (C=O) groups is 1. The van der Waals surface area contributed by atoms with E-state index in [1.807, 2.05) is 0 Å². The lowest BCUT2D eigenvalue weighted by Gasteiger charge is -2.08. The number of rotatable bonds is 3. The molecular formula is C13H8ClFN2O4. The molecule has 2 aromatic carbocycles. The molecule has 0 aliphatic heterocycles. The summed E-state index contributed by atoms with van der Waals surface area (Å²) in [5.74, 6) is -2.13. The lowest BCUT2D eigenvalue weighted by Crippen LogP contribution is -2.13. The summed E-state index contributed by atoms with van der Waals surface area (Å²) in [5, 5.41) is 22.7. The predicted octanol–water partition coefficient (Wildman–Crippen LogP) is 3.35. The van der Waals surface area contributed by atoms with Crippen molar-refractivity contribution in [1.82, 2.24) is 0 Å². The Kier molecular flexibility index (Phi) is 4.04. The van der Waals surface area contributed by atoms with Gasteiger partial charge in [-0.2, -0.15) is 0 Å². The van der Waals surface area contributed by atoms with Crippen molar-refractivity contribution < 1.29 is 19.2 Å². The zero-order chi connectivity index (χ0) is 15.6. The van der Waals surface area contributed by atoms with Crippen molar-refractivity contribution in [3.05, 3.63) is 62.9 Å². The maximum absolute atomic E-state index is 12.9. The first-order valence-electron chi connectivity index (χ1n) is 5.63. The van der Waals surface area contributed by atoms with Gasteiger partial charge in [-0.05, 0) is 24.3 Å². The van der Waals surface area contributed by atoms with E-state index in [2.05, 4.69) is 5.32 Å². The predicted molar refractivity (Wildman–Crippen MR) is 74.1 cm³/mol. The quantitative estimate of drug-likeness (QED) is 0.671. The number of nitro groups is 1. The Bertz CT molecular complexity index is 736. The molecule has 0 atom stereocenters. The Morgan fingerprint density at radius 2 is 2.05 bits per heavy atom. The standard InChI is InChI=1S/C13H8ClFN2O4/c14-9-6-7(15)4-5-10(9)16-13(19)8-2-1-3-11(12(8)18)17(20)21/h1-6,18H,(H,16,19). The van der Waals surface area contributed by atoms with Crippen molar-refractivity contribution in [2.45, 2.75) is 0 Å². The van der Waals surface area contributed by atoms with Gasteiger partial charge in [0.2, 0.25) is 5.75 Å². The van der Waals surface area contributed by atoms with E-state index in [9.17, 15) is 24.4 Å². The molecule has 0 unspecified atom stereocenters. The molecular weight excluding hydrogens is 303 g/mol. The molecule has 0 saturated heterocycles. The topological polar surface area (TPSA) is 92.5 Å². The number of phenols is 1. The fourth-order valence-corrected chi connectivity index (χ4v) is 1.86. The second-order valence-electron chi connectivity index (χ2n) is 4.01. The van der Waals surface area contributed by atoms with Crippen LogP contribution in [0.2, 0.25) is 5.02 Å². The van der Waals surface area contributed by atoms with Gasteiger partial charge in [0.1, 0.15) is 5.82 Å². The van der Waals surface area contributed by atoms with Gasteiger partial charge < -0.3 is 10.4 Å². The summed E-state index contributed by atoms with van der Waals surface area (Å²) < 4.78 is 12.9. The number of carbonyl (C=O) groups excluding carboxylic acids is 1. The summed E-state index contributed by atoms with van der Waals surface area (Å²) in [6.45, 7) is 0.